The van der Waals surface area contributed by atoms with Crippen LogP contribution in [0.15, 0.2) is 60.7 Å². The lowest BCUT2D eigenvalue weighted by Crippen LogP contribution is -2.20. The summed E-state index contributed by atoms with van der Waals surface area (Å²) in [6, 6.07) is 19.6. The fourth-order valence-corrected chi connectivity index (χ4v) is 1.71. The van der Waals surface area contributed by atoms with E-state index < -0.39 is 0 Å². The van der Waals surface area contributed by atoms with Gasteiger partial charge in [0.25, 0.3) is 0 Å². The Morgan fingerprint density at radius 1 is 0.812 bits per heavy atom. The van der Waals surface area contributed by atoms with Gasteiger partial charge in [0.1, 0.15) is 0 Å². The van der Waals surface area contributed by atoms with Gasteiger partial charge in [-0.1, -0.05) is 60.7 Å². The summed E-state index contributed by atoms with van der Waals surface area (Å²) in [5.74, 6) is 0. The second kappa shape index (κ2) is 5.12. The van der Waals surface area contributed by atoms with Crippen LogP contribution in [0.25, 0.3) is 0 Å². The smallest absolute Gasteiger partial charge is 0.310 e. The molecule has 0 saturated carbocycles. The fraction of sp³-hybridized carbons (Fsp3) is 0.0714. The molecule has 1 amide bonds. The molecule has 2 aromatic carbocycles. The Labute approximate surface area is 94.9 Å². The lowest BCUT2D eigenvalue weighted by molar-refractivity contribution is 0.534. The number of carbonyl (C=O) groups excluding carboxylic acids is 1. The van der Waals surface area contributed by atoms with Crippen LogP contribution in [0.2, 0.25) is 0 Å². The van der Waals surface area contributed by atoms with Crippen molar-refractivity contribution in [3.05, 3.63) is 71.8 Å². The van der Waals surface area contributed by atoms with E-state index in [-0.39, 0.29) is 6.04 Å². The van der Waals surface area contributed by atoms with E-state index in [4.69, 9.17) is 0 Å². The Balaban J connectivity index is 2.35. The van der Waals surface area contributed by atoms with E-state index in [0.29, 0.717) is 0 Å². The summed E-state index contributed by atoms with van der Waals surface area (Å²) >= 11 is 0. The number of hydrogen-bond donors (Lipinski definition) is 1. The quantitative estimate of drug-likeness (QED) is 0.771. The molecular formula is C14H12NO. The van der Waals surface area contributed by atoms with Crippen molar-refractivity contribution >= 4 is 6.41 Å². The molecule has 0 fully saturated rings. The minimum Gasteiger partial charge on any atom is -0.337 e. The SMILES string of the molecule is O=[C]NC(c1ccccc1)c1ccccc1. The highest BCUT2D eigenvalue weighted by atomic mass is 16.1. The van der Waals surface area contributed by atoms with Crippen molar-refractivity contribution in [2.45, 2.75) is 6.04 Å². The zero-order chi connectivity index (χ0) is 11.2. The van der Waals surface area contributed by atoms with Crippen LogP contribution in [0.1, 0.15) is 17.2 Å². The molecule has 2 rings (SSSR count). The fourth-order valence-electron chi connectivity index (χ4n) is 1.71. The summed E-state index contributed by atoms with van der Waals surface area (Å²) in [7, 11) is 0. The Morgan fingerprint density at radius 2 is 1.25 bits per heavy atom. The molecule has 0 saturated heterocycles. The van der Waals surface area contributed by atoms with E-state index in [9.17, 15) is 4.79 Å². The van der Waals surface area contributed by atoms with Gasteiger partial charge in [-0.25, -0.2) is 0 Å². The number of benzene rings is 2. The summed E-state index contributed by atoms with van der Waals surface area (Å²) in [5, 5.41) is 2.71. The maximum Gasteiger partial charge on any atom is 0.310 e. The third-order valence-electron chi connectivity index (χ3n) is 2.47. The normalized spacial score (nSPS) is 10.1. The minimum absolute atomic E-state index is 0.125. The Hall–Kier alpha value is -2.09. The van der Waals surface area contributed by atoms with Crippen LogP contribution in [-0.4, -0.2) is 6.41 Å². The molecule has 1 radical (unpaired) electrons. The van der Waals surface area contributed by atoms with E-state index in [1.807, 2.05) is 60.7 Å². The van der Waals surface area contributed by atoms with Crippen LogP contribution in [0, 0.1) is 0 Å². The first-order valence-electron chi connectivity index (χ1n) is 5.14. The first kappa shape index (κ1) is 10.4. The number of amides is 1. The molecule has 0 spiro atoms. The second-order valence-electron chi connectivity index (χ2n) is 3.50. The average molecular weight is 210 g/mol. The zero-order valence-electron chi connectivity index (χ0n) is 8.76. The van der Waals surface area contributed by atoms with Gasteiger partial charge in [-0.05, 0) is 11.1 Å². The van der Waals surface area contributed by atoms with E-state index in [1.54, 1.807) is 6.41 Å². The molecule has 16 heavy (non-hydrogen) atoms. The van der Waals surface area contributed by atoms with Gasteiger partial charge in [0.2, 0.25) is 0 Å². The molecule has 1 N–H and O–H groups in total. The van der Waals surface area contributed by atoms with Crippen LogP contribution in [0.4, 0.5) is 0 Å². The monoisotopic (exact) mass is 210 g/mol. The third kappa shape index (κ3) is 2.28. The highest BCUT2D eigenvalue weighted by molar-refractivity contribution is 5.51. The van der Waals surface area contributed by atoms with Crippen LogP contribution < -0.4 is 5.32 Å². The second-order valence-corrected chi connectivity index (χ2v) is 3.50. The predicted octanol–water partition coefficient (Wildman–Crippen LogP) is 2.43. The van der Waals surface area contributed by atoms with Gasteiger partial charge >= 0.3 is 6.41 Å². The molecule has 0 aliphatic carbocycles. The number of hydrogen-bond acceptors (Lipinski definition) is 1. The molecule has 0 unspecified atom stereocenters. The highest BCUT2D eigenvalue weighted by Crippen LogP contribution is 2.20. The molecular weight excluding hydrogens is 198 g/mol. The standard InChI is InChI=1S/C14H12NO/c16-11-15-14(12-7-3-1-4-8-12)13-9-5-2-6-10-13/h1-10,14H,(H,15,16). The van der Waals surface area contributed by atoms with Gasteiger partial charge in [0.05, 0.1) is 6.04 Å². The molecule has 0 aliphatic heterocycles. The first-order chi connectivity index (χ1) is 7.92. The Morgan fingerprint density at radius 3 is 1.62 bits per heavy atom. The van der Waals surface area contributed by atoms with Crippen molar-refractivity contribution in [2.75, 3.05) is 0 Å². The van der Waals surface area contributed by atoms with E-state index in [1.165, 1.54) is 0 Å². The summed E-state index contributed by atoms with van der Waals surface area (Å²) in [4.78, 5) is 10.5. The lowest BCUT2D eigenvalue weighted by atomic mass is 9.99. The number of rotatable bonds is 4. The largest absolute Gasteiger partial charge is 0.337 e. The molecule has 79 valence electrons. The highest BCUT2D eigenvalue weighted by Gasteiger charge is 2.11. The van der Waals surface area contributed by atoms with Crippen molar-refractivity contribution in [1.82, 2.24) is 5.32 Å². The topological polar surface area (TPSA) is 29.1 Å². The summed E-state index contributed by atoms with van der Waals surface area (Å²) in [5.41, 5.74) is 2.11. The molecule has 0 aromatic heterocycles. The van der Waals surface area contributed by atoms with Crippen LogP contribution in [-0.2, 0) is 4.79 Å². The van der Waals surface area contributed by atoms with Gasteiger partial charge in [0, 0.05) is 0 Å². The van der Waals surface area contributed by atoms with E-state index in [2.05, 4.69) is 5.32 Å². The Kier molecular flexibility index (Phi) is 3.34. The van der Waals surface area contributed by atoms with Crippen molar-refractivity contribution < 1.29 is 4.79 Å². The maximum atomic E-state index is 10.5. The van der Waals surface area contributed by atoms with Crippen molar-refractivity contribution in [1.29, 1.82) is 0 Å². The molecule has 0 heterocycles. The van der Waals surface area contributed by atoms with Gasteiger partial charge in [-0.15, -0.1) is 0 Å². The van der Waals surface area contributed by atoms with E-state index >= 15 is 0 Å². The van der Waals surface area contributed by atoms with Gasteiger partial charge in [-0.2, -0.15) is 0 Å². The zero-order valence-corrected chi connectivity index (χ0v) is 8.76. The van der Waals surface area contributed by atoms with Crippen molar-refractivity contribution in [3.63, 3.8) is 0 Å². The lowest BCUT2D eigenvalue weighted by Gasteiger charge is -2.16. The van der Waals surface area contributed by atoms with Crippen molar-refractivity contribution in [2.24, 2.45) is 0 Å². The van der Waals surface area contributed by atoms with Gasteiger partial charge in [0.15, 0.2) is 0 Å². The predicted molar refractivity (Wildman–Crippen MR) is 63.6 cm³/mol. The summed E-state index contributed by atoms with van der Waals surface area (Å²) < 4.78 is 0. The summed E-state index contributed by atoms with van der Waals surface area (Å²) in [6.45, 7) is 0. The van der Waals surface area contributed by atoms with Crippen molar-refractivity contribution in [3.8, 4) is 0 Å². The van der Waals surface area contributed by atoms with Crippen LogP contribution >= 0.6 is 0 Å². The first-order valence-corrected chi connectivity index (χ1v) is 5.14. The average Bonchev–Trinajstić information content (AvgIpc) is 2.38. The molecule has 2 heteroatoms. The molecule has 2 nitrogen and oxygen atoms in total. The minimum atomic E-state index is -0.125. The molecule has 2 aromatic rings. The number of nitrogens with one attached hydrogen (secondary N) is 1. The molecule has 0 bridgehead atoms. The Bertz CT molecular complexity index is 399. The van der Waals surface area contributed by atoms with Gasteiger partial charge in [-0.3, -0.25) is 4.79 Å². The van der Waals surface area contributed by atoms with E-state index in [0.717, 1.165) is 11.1 Å². The summed E-state index contributed by atoms with van der Waals surface area (Å²) in [6.07, 6.45) is 1.76. The maximum absolute atomic E-state index is 10.5. The molecule has 0 aliphatic rings. The molecule has 0 atom stereocenters. The third-order valence-corrected chi connectivity index (χ3v) is 2.47. The van der Waals surface area contributed by atoms with Crippen LogP contribution in [0.5, 0.6) is 0 Å². The van der Waals surface area contributed by atoms with Gasteiger partial charge < -0.3 is 5.32 Å². The van der Waals surface area contributed by atoms with Crippen LogP contribution in [0.3, 0.4) is 0 Å².